The Bertz CT molecular complexity index is 446. The zero-order valence-electron chi connectivity index (χ0n) is 11.1. The van der Waals surface area contributed by atoms with Gasteiger partial charge in [-0.1, -0.05) is 29.8 Å². The zero-order chi connectivity index (χ0) is 13.5. The molecular weight excluding hydrogens is 254 g/mol. The van der Waals surface area contributed by atoms with E-state index in [-0.39, 0.29) is 0 Å². The van der Waals surface area contributed by atoms with Crippen molar-refractivity contribution >= 4 is 17.4 Å². The van der Waals surface area contributed by atoms with Gasteiger partial charge in [0.2, 0.25) is 0 Å². The smallest absolute Gasteiger partial charge is 0.119 e. The van der Waals surface area contributed by atoms with Crippen molar-refractivity contribution in [2.45, 2.75) is 12.7 Å². The van der Waals surface area contributed by atoms with Crippen LogP contribution in [-0.4, -0.2) is 12.4 Å². The van der Waals surface area contributed by atoms with Crippen molar-refractivity contribution in [3.63, 3.8) is 0 Å². The molecule has 0 atom stereocenters. The van der Waals surface area contributed by atoms with Gasteiger partial charge in [0.15, 0.2) is 0 Å². The van der Waals surface area contributed by atoms with Gasteiger partial charge in [0, 0.05) is 17.2 Å². The molecular formula is C16H19NOS. The fourth-order valence-corrected chi connectivity index (χ4v) is 2.43. The number of thioether (sulfide) groups is 1. The molecule has 2 rings (SSSR count). The van der Waals surface area contributed by atoms with E-state index in [1.165, 1.54) is 11.1 Å². The molecule has 0 bridgehead atoms. The average molecular weight is 273 g/mol. The predicted molar refractivity (Wildman–Crippen MR) is 83.7 cm³/mol. The van der Waals surface area contributed by atoms with Crippen LogP contribution in [0.1, 0.15) is 11.1 Å². The second kappa shape index (κ2) is 7.10. The summed E-state index contributed by atoms with van der Waals surface area (Å²) >= 11 is 1.87. The van der Waals surface area contributed by atoms with Crippen molar-refractivity contribution in [1.82, 2.24) is 0 Å². The van der Waals surface area contributed by atoms with Crippen molar-refractivity contribution in [2.75, 3.05) is 18.1 Å². The summed E-state index contributed by atoms with van der Waals surface area (Å²) in [5, 5.41) is 0. The minimum Gasteiger partial charge on any atom is -0.493 e. The second-order valence-electron chi connectivity index (χ2n) is 4.46. The molecule has 2 aromatic rings. The summed E-state index contributed by atoms with van der Waals surface area (Å²) < 4.78 is 5.68. The number of hydrogen-bond donors (Lipinski definition) is 1. The fraction of sp³-hybridized carbons (Fsp3) is 0.250. The second-order valence-corrected chi connectivity index (χ2v) is 5.56. The lowest BCUT2D eigenvalue weighted by Crippen LogP contribution is -2.00. The summed E-state index contributed by atoms with van der Waals surface area (Å²) in [6.45, 7) is 2.81. The Hall–Kier alpha value is -1.61. The lowest BCUT2D eigenvalue weighted by molar-refractivity contribution is 0.344. The SMILES string of the molecule is Cc1ccc(OCCSCc2ccc(N)cc2)cc1. The van der Waals surface area contributed by atoms with Crippen LogP contribution in [0, 0.1) is 6.92 Å². The van der Waals surface area contributed by atoms with E-state index < -0.39 is 0 Å². The van der Waals surface area contributed by atoms with Crippen LogP contribution in [0.3, 0.4) is 0 Å². The highest BCUT2D eigenvalue weighted by Crippen LogP contribution is 2.15. The van der Waals surface area contributed by atoms with Crippen LogP contribution < -0.4 is 10.5 Å². The van der Waals surface area contributed by atoms with E-state index >= 15 is 0 Å². The van der Waals surface area contributed by atoms with Crippen molar-refractivity contribution < 1.29 is 4.74 Å². The molecule has 0 heterocycles. The minimum absolute atomic E-state index is 0.739. The van der Waals surface area contributed by atoms with E-state index in [0.29, 0.717) is 0 Å². The van der Waals surface area contributed by atoms with Crippen molar-refractivity contribution in [3.05, 3.63) is 59.7 Å². The molecule has 0 spiro atoms. The Morgan fingerprint density at radius 2 is 1.68 bits per heavy atom. The molecule has 19 heavy (non-hydrogen) atoms. The van der Waals surface area contributed by atoms with Crippen LogP contribution >= 0.6 is 11.8 Å². The summed E-state index contributed by atoms with van der Waals surface area (Å²) in [7, 11) is 0. The van der Waals surface area contributed by atoms with Gasteiger partial charge >= 0.3 is 0 Å². The average Bonchev–Trinajstić information content (AvgIpc) is 2.43. The molecule has 2 aromatic carbocycles. The highest BCUT2D eigenvalue weighted by Gasteiger charge is 1.96. The van der Waals surface area contributed by atoms with Gasteiger partial charge in [-0.15, -0.1) is 0 Å². The maximum Gasteiger partial charge on any atom is 0.119 e. The molecule has 2 N–H and O–H groups in total. The van der Waals surface area contributed by atoms with E-state index in [9.17, 15) is 0 Å². The van der Waals surface area contributed by atoms with Gasteiger partial charge in [0.05, 0.1) is 6.61 Å². The summed E-state index contributed by atoms with van der Waals surface area (Å²) in [5.41, 5.74) is 9.02. The minimum atomic E-state index is 0.739. The molecule has 0 aliphatic rings. The molecule has 0 radical (unpaired) electrons. The van der Waals surface area contributed by atoms with E-state index in [2.05, 4.69) is 31.2 Å². The molecule has 0 saturated heterocycles. The number of hydrogen-bond acceptors (Lipinski definition) is 3. The quantitative estimate of drug-likeness (QED) is 0.640. The summed E-state index contributed by atoms with van der Waals surface area (Å²) in [5.74, 6) is 2.93. The molecule has 0 unspecified atom stereocenters. The number of aryl methyl sites for hydroxylation is 1. The number of benzene rings is 2. The van der Waals surface area contributed by atoms with Gasteiger partial charge < -0.3 is 10.5 Å². The predicted octanol–water partition coefficient (Wildman–Crippen LogP) is 3.89. The van der Waals surface area contributed by atoms with E-state index in [4.69, 9.17) is 10.5 Å². The largest absolute Gasteiger partial charge is 0.493 e. The standard InChI is InChI=1S/C16H19NOS/c1-13-2-8-16(9-3-13)18-10-11-19-12-14-4-6-15(17)7-5-14/h2-9H,10-12,17H2,1H3. The van der Waals surface area contributed by atoms with Gasteiger partial charge in [0.25, 0.3) is 0 Å². The normalized spacial score (nSPS) is 10.4. The van der Waals surface area contributed by atoms with Crippen LogP contribution in [-0.2, 0) is 5.75 Å². The van der Waals surface area contributed by atoms with Crippen LogP contribution in [0.2, 0.25) is 0 Å². The third-order valence-corrected chi connectivity index (χ3v) is 3.76. The number of anilines is 1. The van der Waals surface area contributed by atoms with Crippen molar-refractivity contribution in [3.8, 4) is 5.75 Å². The fourth-order valence-electron chi connectivity index (χ4n) is 1.66. The molecule has 0 aliphatic heterocycles. The maximum atomic E-state index is 5.68. The first-order valence-electron chi connectivity index (χ1n) is 6.36. The molecule has 0 saturated carbocycles. The molecule has 2 nitrogen and oxygen atoms in total. The highest BCUT2D eigenvalue weighted by molar-refractivity contribution is 7.98. The van der Waals surface area contributed by atoms with E-state index in [1.54, 1.807) is 0 Å². The first-order chi connectivity index (χ1) is 9.24. The molecule has 0 fully saturated rings. The maximum absolute atomic E-state index is 5.68. The summed E-state index contributed by atoms with van der Waals surface area (Å²) in [6.07, 6.45) is 0. The number of nitrogens with two attached hydrogens (primary N) is 1. The topological polar surface area (TPSA) is 35.2 Å². The van der Waals surface area contributed by atoms with Gasteiger partial charge in [0.1, 0.15) is 5.75 Å². The Morgan fingerprint density at radius 1 is 1.00 bits per heavy atom. The third kappa shape index (κ3) is 4.87. The van der Waals surface area contributed by atoms with E-state index in [1.807, 2.05) is 36.0 Å². The van der Waals surface area contributed by atoms with Crippen LogP contribution in [0.5, 0.6) is 5.75 Å². The molecule has 3 heteroatoms. The number of ether oxygens (including phenoxy) is 1. The van der Waals surface area contributed by atoms with Crippen molar-refractivity contribution in [1.29, 1.82) is 0 Å². The number of rotatable bonds is 6. The lowest BCUT2D eigenvalue weighted by Gasteiger charge is -2.06. The molecule has 100 valence electrons. The first-order valence-corrected chi connectivity index (χ1v) is 7.51. The zero-order valence-corrected chi connectivity index (χ0v) is 12.0. The van der Waals surface area contributed by atoms with Gasteiger partial charge in [-0.05, 0) is 36.8 Å². The summed E-state index contributed by atoms with van der Waals surface area (Å²) in [6, 6.07) is 16.2. The number of nitrogen functional groups attached to an aromatic ring is 1. The Balaban J connectivity index is 1.64. The van der Waals surface area contributed by atoms with Crippen LogP contribution in [0.25, 0.3) is 0 Å². The van der Waals surface area contributed by atoms with Gasteiger partial charge in [-0.2, -0.15) is 11.8 Å². The van der Waals surface area contributed by atoms with Crippen LogP contribution in [0.15, 0.2) is 48.5 Å². The molecule has 0 aromatic heterocycles. The Kier molecular flexibility index (Phi) is 5.16. The van der Waals surface area contributed by atoms with Crippen molar-refractivity contribution in [2.24, 2.45) is 0 Å². The van der Waals surface area contributed by atoms with Gasteiger partial charge in [-0.3, -0.25) is 0 Å². The lowest BCUT2D eigenvalue weighted by atomic mass is 10.2. The monoisotopic (exact) mass is 273 g/mol. The van der Waals surface area contributed by atoms with Crippen LogP contribution in [0.4, 0.5) is 5.69 Å². The molecule has 0 aliphatic carbocycles. The summed E-state index contributed by atoms with van der Waals surface area (Å²) in [4.78, 5) is 0. The highest BCUT2D eigenvalue weighted by atomic mass is 32.2. The Morgan fingerprint density at radius 3 is 2.37 bits per heavy atom. The third-order valence-electron chi connectivity index (χ3n) is 2.77. The first kappa shape index (κ1) is 13.8. The van der Waals surface area contributed by atoms with E-state index in [0.717, 1.165) is 29.5 Å². The Labute approximate surface area is 119 Å². The van der Waals surface area contributed by atoms with Gasteiger partial charge in [-0.25, -0.2) is 0 Å². The molecule has 0 amide bonds.